The lowest BCUT2D eigenvalue weighted by molar-refractivity contribution is -0.131. The van der Waals surface area contributed by atoms with Gasteiger partial charge in [0.1, 0.15) is 0 Å². The second-order valence-corrected chi connectivity index (χ2v) is 13.8. The van der Waals surface area contributed by atoms with E-state index in [1.807, 2.05) is 19.9 Å². The van der Waals surface area contributed by atoms with Gasteiger partial charge in [0.15, 0.2) is 0 Å². The van der Waals surface area contributed by atoms with Crippen LogP contribution in [0.25, 0.3) is 0 Å². The summed E-state index contributed by atoms with van der Waals surface area (Å²) in [5, 5.41) is 3.22. The van der Waals surface area contributed by atoms with Crippen molar-refractivity contribution in [2.75, 3.05) is 52.6 Å². The number of amides is 1. The Morgan fingerprint density at radius 1 is 1.00 bits per heavy atom. The summed E-state index contributed by atoms with van der Waals surface area (Å²) in [6.45, 7) is 16.6. The van der Waals surface area contributed by atoms with Crippen molar-refractivity contribution in [3.8, 4) is 0 Å². The number of aromatic nitrogens is 1. The first-order valence-corrected chi connectivity index (χ1v) is 16.9. The topological polar surface area (TPSA) is 86.9 Å². The lowest BCUT2D eigenvalue weighted by Crippen LogP contribution is -2.55. The van der Waals surface area contributed by atoms with Crippen LogP contribution in [0.1, 0.15) is 82.0 Å². The van der Waals surface area contributed by atoms with Crippen LogP contribution in [0.3, 0.4) is 0 Å². The third-order valence-corrected chi connectivity index (χ3v) is 11.2. The van der Waals surface area contributed by atoms with Crippen LogP contribution < -0.4 is 10.9 Å². The Morgan fingerprint density at radius 3 is 2.36 bits per heavy atom. The highest BCUT2D eigenvalue weighted by Gasteiger charge is 2.45. The molecule has 0 radical (unpaired) electrons. The number of morpholine rings is 1. The lowest BCUT2D eigenvalue weighted by atomic mass is 9.63. The highest BCUT2D eigenvalue weighted by molar-refractivity contribution is 5.79. The van der Waals surface area contributed by atoms with E-state index in [4.69, 9.17) is 9.47 Å². The molecule has 5 rings (SSSR count). The lowest BCUT2D eigenvalue weighted by Gasteiger charge is -2.50. The summed E-state index contributed by atoms with van der Waals surface area (Å²) in [6, 6.07) is 2.93. The Hall–Kier alpha value is -1.74. The summed E-state index contributed by atoms with van der Waals surface area (Å²) in [4.78, 5) is 34.8. The van der Waals surface area contributed by atoms with Gasteiger partial charge in [-0.3, -0.25) is 19.4 Å². The Labute approximate surface area is 253 Å². The molecule has 2 saturated heterocycles. The number of nitrogens with zero attached hydrogens (tertiary/aromatic N) is 2. The summed E-state index contributed by atoms with van der Waals surface area (Å²) >= 11 is 0. The zero-order chi connectivity index (χ0) is 29.6. The van der Waals surface area contributed by atoms with E-state index in [1.54, 1.807) is 0 Å². The molecular formula is C34H56N4O4. The number of aromatic amines is 1. The number of carbonyl (C=O) groups excluding carboxylic acids is 1. The van der Waals surface area contributed by atoms with Crippen LogP contribution in [0.15, 0.2) is 10.9 Å². The summed E-state index contributed by atoms with van der Waals surface area (Å²) in [5.74, 6) is 2.44. The molecule has 236 valence electrons. The van der Waals surface area contributed by atoms with Crippen molar-refractivity contribution >= 4 is 5.91 Å². The molecular weight excluding hydrogens is 528 g/mol. The molecule has 4 fully saturated rings. The van der Waals surface area contributed by atoms with Gasteiger partial charge in [-0.1, -0.05) is 13.8 Å². The molecule has 2 N–H and O–H groups in total. The average Bonchev–Trinajstić information content (AvgIpc) is 2.99. The Kier molecular flexibility index (Phi) is 11.2. The van der Waals surface area contributed by atoms with Gasteiger partial charge < -0.3 is 19.8 Å². The number of nitrogens with one attached hydrogen (secondary N) is 2. The van der Waals surface area contributed by atoms with Crippen LogP contribution in [-0.4, -0.2) is 85.4 Å². The quantitative estimate of drug-likeness (QED) is 0.451. The van der Waals surface area contributed by atoms with Gasteiger partial charge in [-0.15, -0.1) is 0 Å². The maximum atomic E-state index is 13.9. The van der Waals surface area contributed by atoms with Crippen LogP contribution in [-0.2, 0) is 20.8 Å². The van der Waals surface area contributed by atoms with E-state index in [1.165, 1.54) is 38.6 Å². The molecule has 1 aromatic rings. The third kappa shape index (κ3) is 7.66. The SMILES string of the molecule is CCN(C1CCOCC1)C1CC(C2CCC(CN3CCOCC3)CC2)CC(C(=O)NCc2c(C)cc(C)[nH]c2=O)C1C. The minimum Gasteiger partial charge on any atom is -0.381 e. The highest BCUT2D eigenvalue weighted by Crippen LogP contribution is 2.46. The van der Waals surface area contributed by atoms with Gasteiger partial charge in [0.05, 0.1) is 13.2 Å². The molecule has 1 aromatic heterocycles. The second kappa shape index (κ2) is 14.8. The molecule has 0 aromatic carbocycles. The summed E-state index contributed by atoms with van der Waals surface area (Å²) in [5.41, 5.74) is 2.37. The average molecular weight is 585 g/mol. The van der Waals surface area contributed by atoms with E-state index in [0.717, 1.165) is 82.5 Å². The molecule has 42 heavy (non-hydrogen) atoms. The van der Waals surface area contributed by atoms with Gasteiger partial charge in [0.2, 0.25) is 5.91 Å². The molecule has 2 aliphatic carbocycles. The molecule has 3 heterocycles. The summed E-state index contributed by atoms with van der Waals surface area (Å²) in [7, 11) is 0. The predicted molar refractivity (Wildman–Crippen MR) is 166 cm³/mol. The fourth-order valence-corrected chi connectivity index (χ4v) is 8.78. The molecule has 4 aliphatic rings. The van der Waals surface area contributed by atoms with Crippen molar-refractivity contribution in [2.24, 2.45) is 29.6 Å². The number of aryl methyl sites for hydroxylation is 2. The van der Waals surface area contributed by atoms with Crippen molar-refractivity contribution in [1.29, 1.82) is 0 Å². The zero-order valence-corrected chi connectivity index (χ0v) is 26.7. The van der Waals surface area contributed by atoms with Gasteiger partial charge in [0.25, 0.3) is 5.56 Å². The van der Waals surface area contributed by atoms with Crippen molar-refractivity contribution in [1.82, 2.24) is 20.1 Å². The molecule has 4 atom stereocenters. The number of H-pyrrole nitrogens is 1. The fraction of sp³-hybridized carbons (Fsp3) is 0.824. The van der Waals surface area contributed by atoms with Crippen molar-refractivity contribution < 1.29 is 14.3 Å². The molecule has 0 spiro atoms. The maximum absolute atomic E-state index is 13.9. The number of hydrogen-bond acceptors (Lipinski definition) is 6. The summed E-state index contributed by atoms with van der Waals surface area (Å²) in [6.07, 6.45) is 9.53. The molecule has 2 aliphatic heterocycles. The van der Waals surface area contributed by atoms with Crippen LogP contribution >= 0.6 is 0 Å². The molecule has 8 heteroatoms. The van der Waals surface area contributed by atoms with Crippen LogP contribution in [0.2, 0.25) is 0 Å². The Bertz CT molecular complexity index is 1070. The number of rotatable bonds is 9. The smallest absolute Gasteiger partial charge is 0.253 e. The van der Waals surface area contributed by atoms with Crippen molar-refractivity contribution in [3.63, 3.8) is 0 Å². The Balaban J connectivity index is 1.28. The molecule has 0 bridgehead atoms. The van der Waals surface area contributed by atoms with Crippen molar-refractivity contribution in [3.05, 3.63) is 33.2 Å². The minimum atomic E-state index is -0.0919. The monoisotopic (exact) mass is 584 g/mol. The first kappa shape index (κ1) is 31.7. The van der Waals surface area contributed by atoms with Crippen LogP contribution in [0, 0.1) is 43.4 Å². The van der Waals surface area contributed by atoms with Gasteiger partial charge in [-0.2, -0.15) is 0 Å². The van der Waals surface area contributed by atoms with E-state index in [2.05, 4.69) is 33.9 Å². The van der Waals surface area contributed by atoms with Gasteiger partial charge >= 0.3 is 0 Å². The second-order valence-electron chi connectivity index (χ2n) is 13.8. The normalized spacial score (nSPS) is 31.7. The van der Waals surface area contributed by atoms with E-state index in [9.17, 15) is 9.59 Å². The number of pyridine rings is 1. The first-order valence-electron chi connectivity index (χ1n) is 16.9. The maximum Gasteiger partial charge on any atom is 0.253 e. The van der Waals surface area contributed by atoms with Crippen molar-refractivity contribution in [2.45, 2.75) is 97.7 Å². The van der Waals surface area contributed by atoms with E-state index in [0.29, 0.717) is 36.0 Å². The van der Waals surface area contributed by atoms with Crippen LogP contribution in [0.5, 0.6) is 0 Å². The standard InChI is InChI=1S/C34H56N4O4/c1-5-38(29-10-14-41-15-11-29)32-20-28(27-8-6-26(7-9-27)22-37-12-16-42-17-13-37)19-30(25(32)4)33(39)35-21-31-23(2)18-24(3)36-34(31)40/h18,25-30,32H,5-17,19-22H2,1-4H3,(H,35,39)(H,36,40). The highest BCUT2D eigenvalue weighted by atomic mass is 16.5. The molecule has 8 nitrogen and oxygen atoms in total. The van der Waals surface area contributed by atoms with Gasteiger partial charge in [-0.25, -0.2) is 0 Å². The number of hydrogen-bond donors (Lipinski definition) is 2. The van der Waals surface area contributed by atoms with Gasteiger partial charge in [-0.05, 0) is 107 Å². The number of carbonyl (C=O) groups is 1. The molecule has 1 amide bonds. The molecule has 4 unspecified atom stereocenters. The van der Waals surface area contributed by atoms with E-state index >= 15 is 0 Å². The fourth-order valence-electron chi connectivity index (χ4n) is 8.78. The Morgan fingerprint density at radius 2 is 1.69 bits per heavy atom. The summed E-state index contributed by atoms with van der Waals surface area (Å²) < 4.78 is 11.3. The zero-order valence-electron chi connectivity index (χ0n) is 26.7. The predicted octanol–water partition coefficient (Wildman–Crippen LogP) is 4.28. The number of ether oxygens (including phenoxy) is 2. The first-order chi connectivity index (χ1) is 20.3. The third-order valence-electron chi connectivity index (χ3n) is 11.2. The van der Waals surface area contributed by atoms with E-state index in [-0.39, 0.29) is 23.3 Å². The molecule has 2 saturated carbocycles. The van der Waals surface area contributed by atoms with Gasteiger partial charge in [0, 0.05) is 68.7 Å². The minimum absolute atomic E-state index is 0.0291. The van der Waals surface area contributed by atoms with E-state index < -0.39 is 0 Å². The largest absolute Gasteiger partial charge is 0.381 e. The van der Waals surface area contributed by atoms with Crippen LogP contribution in [0.4, 0.5) is 0 Å².